The largest absolute Gasteiger partial charge is 0.451 e. The van der Waals surface area contributed by atoms with Gasteiger partial charge in [0.25, 0.3) is 5.91 Å². The van der Waals surface area contributed by atoms with Crippen molar-refractivity contribution < 1.29 is 22.7 Å². The van der Waals surface area contributed by atoms with Crippen molar-refractivity contribution in [2.24, 2.45) is 0 Å². The van der Waals surface area contributed by atoms with Gasteiger partial charge in [0.05, 0.1) is 11.1 Å². The summed E-state index contributed by atoms with van der Waals surface area (Å²) in [6.45, 7) is 3.04. The van der Waals surface area contributed by atoms with Gasteiger partial charge in [0.1, 0.15) is 0 Å². The number of nitrogens with zero attached hydrogens (tertiary/aromatic N) is 3. The maximum absolute atomic E-state index is 12.4. The first-order valence-electron chi connectivity index (χ1n) is 8.03. The number of ether oxygens (including phenoxy) is 1. The molecule has 9 nitrogen and oxygen atoms in total. The zero-order valence-corrected chi connectivity index (χ0v) is 15.9. The third-order valence-electron chi connectivity index (χ3n) is 3.65. The van der Waals surface area contributed by atoms with Crippen molar-refractivity contribution in [2.75, 3.05) is 19.0 Å². The third kappa shape index (κ3) is 5.31. The van der Waals surface area contributed by atoms with E-state index in [1.807, 2.05) is 0 Å². The highest BCUT2D eigenvalue weighted by Gasteiger charge is 2.22. The fourth-order valence-electron chi connectivity index (χ4n) is 1.96. The van der Waals surface area contributed by atoms with Crippen LogP contribution in [0.2, 0.25) is 0 Å². The lowest BCUT2D eigenvalue weighted by Gasteiger charge is -2.21. The highest BCUT2D eigenvalue weighted by molar-refractivity contribution is 7.89. The number of sulfonamides is 1. The highest BCUT2D eigenvalue weighted by Crippen LogP contribution is 2.19. The van der Waals surface area contributed by atoms with Gasteiger partial charge >= 0.3 is 5.97 Å². The summed E-state index contributed by atoms with van der Waals surface area (Å²) >= 11 is 0. The Morgan fingerprint density at radius 1 is 1.19 bits per heavy atom. The average molecular weight is 392 g/mol. The van der Waals surface area contributed by atoms with E-state index >= 15 is 0 Å². The molecule has 0 saturated heterocycles. The van der Waals surface area contributed by atoms with Crippen LogP contribution >= 0.6 is 0 Å². The summed E-state index contributed by atoms with van der Waals surface area (Å²) < 4.78 is 30.9. The number of nitrogens with one attached hydrogen (secondary N) is 1. The molecule has 1 heterocycles. The predicted molar refractivity (Wildman–Crippen MR) is 97.5 cm³/mol. The van der Waals surface area contributed by atoms with E-state index in [1.54, 1.807) is 13.8 Å². The minimum atomic E-state index is -3.60. The predicted octanol–water partition coefficient (Wildman–Crippen LogP) is 1.30. The smallest absolute Gasteiger partial charge is 0.359 e. The Morgan fingerprint density at radius 2 is 1.85 bits per heavy atom. The molecule has 0 fully saturated rings. The Bertz CT molecular complexity index is 899. The van der Waals surface area contributed by atoms with E-state index in [0.717, 1.165) is 0 Å². The molecule has 0 aliphatic heterocycles. The lowest BCUT2D eigenvalue weighted by atomic mass is 10.3. The maximum Gasteiger partial charge on any atom is 0.359 e. The van der Waals surface area contributed by atoms with Crippen molar-refractivity contribution in [3.8, 4) is 0 Å². The molecule has 0 aliphatic rings. The number of anilines is 1. The first-order valence-corrected chi connectivity index (χ1v) is 9.47. The first kappa shape index (κ1) is 20.5. The number of carbonyl (C=O) groups is 2. The molecule has 2 rings (SSSR count). The number of aromatic nitrogens is 2. The monoisotopic (exact) mass is 392 g/mol. The molecule has 1 aromatic heterocycles. The number of esters is 1. The topological polar surface area (TPSA) is 119 Å². The maximum atomic E-state index is 12.4. The Hall–Kier alpha value is -2.85. The van der Waals surface area contributed by atoms with Gasteiger partial charge in [-0.1, -0.05) is 0 Å². The van der Waals surface area contributed by atoms with Crippen LogP contribution in [0.25, 0.3) is 0 Å². The summed E-state index contributed by atoms with van der Waals surface area (Å²) in [6.07, 6.45) is 3.98. The zero-order chi connectivity index (χ0) is 20.0. The van der Waals surface area contributed by atoms with Crippen LogP contribution in [0, 0.1) is 0 Å². The molecule has 1 aromatic carbocycles. The van der Waals surface area contributed by atoms with Crippen molar-refractivity contribution in [3.05, 3.63) is 48.5 Å². The van der Waals surface area contributed by atoms with Crippen LogP contribution in [-0.2, 0) is 19.6 Å². The molecule has 0 aliphatic carbocycles. The van der Waals surface area contributed by atoms with Gasteiger partial charge in [0.2, 0.25) is 10.0 Å². The summed E-state index contributed by atoms with van der Waals surface area (Å²) in [4.78, 5) is 31.2. The number of carbonyl (C=O) groups excluding carboxylic acids is 2. The second kappa shape index (κ2) is 8.69. The van der Waals surface area contributed by atoms with Crippen LogP contribution in [0.3, 0.4) is 0 Å². The molecular weight excluding hydrogens is 372 g/mol. The van der Waals surface area contributed by atoms with Crippen LogP contribution < -0.4 is 5.32 Å². The lowest BCUT2D eigenvalue weighted by Crippen LogP contribution is -2.33. The number of amides is 1. The van der Waals surface area contributed by atoms with E-state index in [2.05, 4.69) is 15.3 Å². The van der Waals surface area contributed by atoms with E-state index < -0.39 is 28.5 Å². The Morgan fingerprint density at radius 3 is 2.41 bits per heavy atom. The van der Waals surface area contributed by atoms with E-state index in [0.29, 0.717) is 5.69 Å². The molecule has 144 valence electrons. The minimum Gasteiger partial charge on any atom is -0.451 e. The Balaban J connectivity index is 1.94. The van der Waals surface area contributed by atoms with Gasteiger partial charge in [-0.15, -0.1) is 0 Å². The van der Waals surface area contributed by atoms with Crippen molar-refractivity contribution in [1.82, 2.24) is 14.3 Å². The SMILES string of the molecule is CC(C)N(C)S(=O)(=O)c1ccc(NC(=O)COC(=O)c2cnccn2)cc1. The molecule has 0 unspecified atom stereocenters. The summed E-state index contributed by atoms with van der Waals surface area (Å²) in [5.41, 5.74) is 0.371. The van der Waals surface area contributed by atoms with E-state index in [1.165, 1.54) is 54.2 Å². The second-order valence-corrected chi connectivity index (χ2v) is 7.85. The van der Waals surface area contributed by atoms with Gasteiger partial charge in [-0.25, -0.2) is 18.2 Å². The number of rotatable bonds is 7. The second-order valence-electron chi connectivity index (χ2n) is 5.85. The molecule has 0 spiro atoms. The van der Waals surface area contributed by atoms with Gasteiger partial charge in [-0.3, -0.25) is 9.78 Å². The molecule has 10 heteroatoms. The minimum absolute atomic E-state index is 0.00543. The molecule has 27 heavy (non-hydrogen) atoms. The summed E-state index contributed by atoms with van der Waals surface area (Å²) in [6, 6.07) is 5.54. The Kier molecular flexibility index (Phi) is 6.59. The highest BCUT2D eigenvalue weighted by atomic mass is 32.2. The molecule has 2 aromatic rings. The third-order valence-corrected chi connectivity index (χ3v) is 5.70. The van der Waals surface area contributed by atoms with Gasteiger partial charge in [-0.05, 0) is 38.1 Å². The fourth-order valence-corrected chi connectivity index (χ4v) is 3.33. The van der Waals surface area contributed by atoms with Gasteiger partial charge in [0, 0.05) is 31.2 Å². The van der Waals surface area contributed by atoms with Gasteiger partial charge in [-0.2, -0.15) is 4.31 Å². The van der Waals surface area contributed by atoms with Crippen LogP contribution in [0.4, 0.5) is 5.69 Å². The van der Waals surface area contributed by atoms with Crippen LogP contribution in [0.5, 0.6) is 0 Å². The quantitative estimate of drug-likeness (QED) is 0.706. The summed E-state index contributed by atoms with van der Waals surface area (Å²) in [5.74, 6) is -1.33. The molecule has 1 amide bonds. The van der Waals surface area contributed by atoms with Crippen molar-refractivity contribution in [1.29, 1.82) is 0 Å². The van der Waals surface area contributed by atoms with Crippen LogP contribution in [0.1, 0.15) is 24.3 Å². The average Bonchev–Trinajstić information content (AvgIpc) is 2.66. The number of benzene rings is 1. The molecule has 0 atom stereocenters. The first-order chi connectivity index (χ1) is 12.7. The zero-order valence-electron chi connectivity index (χ0n) is 15.1. The number of hydrogen-bond donors (Lipinski definition) is 1. The number of hydrogen-bond acceptors (Lipinski definition) is 7. The van der Waals surface area contributed by atoms with E-state index in [9.17, 15) is 18.0 Å². The van der Waals surface area contributed by atoms with Crippen molar-refractivity contribution >= 4 is 27.6 Å². The van der Waals surface area contributed by atoms with E-state index in [4.69, 9.17) is 4.74 Å². The van der Waals surface area contributed by atoms with E-state index in [-0.39, 0.29) is 16.6 Å². The van der Waals surface area contributed by atoms with Gasteiger partial charge in [0.15, 0.2) is 12.3 Å². The molecule has 0 saturated carbocycles. The summed E-state index contributed by atoms with van der Waals surface area (Å²) in [7, 11) is -2.10. The molecule has 0 bridgehead atoms. The standard InChI is InChI=1S/C17H20N4O5S/c1-12(2)21(3)27(24,25)14-6-4-13(5-7-14)20-16(22)11-26-17(23)15-10-18-8-9-19-15/h4-10,12H,11H2,1-3H3,(H,20,22). The summed E-state index contributed by atoms with van der Waals surface area (Å²) in [5, 5.41) is 2.52. The normalized spacial score (nSPS) is 11.4. The van der Waals surface area contributed by atoms with Gasteiger partial charge < -0.3 is 10.1 Å². The van der Waals surface area contributed by atoms with Crippen LogP contribution in [0.15, 0.2) is 47.8 Å². The molecule has 0 radical (unpaired) electrons. The lowest BCUT2D eigenvalue weighted by molar-refractivity contribution is -0.119. The van der Waals surface area contributed by atoms with Crippen molar-refractivity contribution in [2.45, 2.75) is 24.8 Å². The van der Waals surface area contributed by atoms with Crippen LogP contribution in [-0.4, -0.2) is 54.3 Å². The fraction of sp³-hybridized carbons (Fsp3) is 0.294. The molecular formula is C17H20N4O5S. The van der Waals surface area contributed by atoms with Crippen molar-refractivity contribution in [3.63, 3.8) is 0 Å². The Labute approximate surface area is 157 Å². The molecule has 1 N–H and O–H groups in total.